The third-order valence-corrected chi connectivity index (χ3v) is 5.80. The SMILES string of the molecule is CCCc1ccc(N2CC(C(=O)N3CCC(COC)(C(=O)O)C3)CC2=O)cc1. The van der Waals surface area contributed by atoms with Gasteiger partial charge in [-0.15, -0.1) is 0 Å². The molecule has 7 heteroatoms. The molecule has 0 aromatic heterocycles. The van der Waals surface area contributed by atoms with Gasteiger partial charge in [-0.05, 0) is 30.5 Å². The number of hydrogen-bond acceptors (Lipinski definition) is 4. The van der Waals surface area contributed by atoms with Crippen LogP contribution in [0.4, 0.5) is 5.69 Å². The highest BCUT2D eigenvalue weighted by molar-refractivity contribution is 6.00. The molecule has 3 rings (SSSR count). The van der Waals surface area contributed by atoms with Crippen LogP contribution >= 0.6 is 0 Å². The number of carbonyl (C=O) groups is 3. The largest absolute Gasteiger partial charge is 0.481 e. The zero-order chi connectivity index (χ0) is 20.3. The minimum absolute atomic E-state index is 0.0674. The summed E-state index contributed by atoms with van der Waals surface area (Å²) in [5, 5.41) is 9.57. The van der Waals surface area contributed by atoms with E-state index in [1.807, 2.05) is 24.3 Å². The number of carboxylic acids is 1. The summed E-state index contributed by atoms with van der Waals surface area (Å²) in [5.41, 5.74) is 0.980. The lowest BCUT2D eigenvalue weighted by molar-refractivity contribution is -0.152. The smallest absolute Gasteiger partial charge is 0.313 e. The van der Waals surface area contributed by atoms with E-state index in [2.05, 4.69) is 6.92 Å². The number of ether oxygens (including phenoxy) is 1. The lowest BCUT2D eigenvalue weighted by Crippen LogP contribution is -2.42. The molecule has 7 nitrogen and oxygen atoms in total. The summed E-state index contributed by atoms with van der Waals surface area (Å²) in [7, 11) is 1.47. The molecule has 2 atom stereocenters. The summed E-state index contributed by atoms with van der Waals surface area (Å²) in [5.74, 6) is -1.59. The average molecular weight is 388 g/mol. The van der Waals surface area contributed by atoms with E-state index in [9.17, 15) is 19.5 Å². The Bertz CT molecular complexity index is 748. The summed E-state index contributed by atoms with van der Waals surface area (Å²) in [6.45, 7) is 3.05. The van der Waals surface area contributed by atoms with E-state index >= 15 is 0 Å². The number of aryl methyl sites for hydroxylation is 1. The molecule has 2 saturated heterocycles. The normalized spacial score (nSPS) is 24.8. The Morgan fingerprint density at radius 3 is 2.61 bits per heavy atom. The van der Waals surface area contributed by atoms with Gasteiger partial charge in [-0.3, -0.25) is 14.4 Å². The van der Waals surface area contributed by atoms with E-state index in [0.717, 1.165) is 18.5 Å². The van der Waals surface area contributed by atoms with Gasteiger partial charge in [0.15, 0.2) is 0 Å². The zero-order valence-corrected chi connectivity index (χ0v) is 16.5. The van der Waals surface area contributed by atoms with Gasteiger partial charge in [0, 0.05) is 38.9 Å². The minimum atomic E-state index is -1.05. The lowest BCUT2D eigenvalue weighted by Gasteiger charge is -2.25. The van der Waals surface area contributed by atoms with Crippen molar-refractivity contribution in [2.75, 3.05) is 38.3 Å². The number of methoxy groups -OCH3 is 1. The summed E-state index contributed by atoms with van der Waals surface area (Å²) < 4.78 is 5.08. The molecule has 1 N–H and O–H groups in total. The van der Waals surface area contributed by atoms with Crippen molar-refractivity contribution in [3.8, 4) is 0 Å². The monoisotopic (exact) mass is 388 g/mol. The van der Waals surface area contributed by atoms with Gasteiger partial charge in [0.2, 0.25) is 11.8 Å². The number of rotatable bonds is 7. The zero-order valence-electron chi connectivity index (χ0n) is 16.5. The maximum absolute atomic E-state index is 12.9. The molecule has 2 heterocycles. The Morgan fingerprint density at radius 2 is 2.00 bits per heavy atom. The van der Waals surface area contributed by atoms with Crippen molar-refractivity contribution >= 4 is 23.5 Å². The number of nitrogens with zero attached hydrogens (tertiary/aromatic N) is 2. The first kappa shape index (κ1) is 20.3. The first-order chi connectivity index (χ1) is 13.4. The van der Waals surface area contributed by atoms with Gasteiger partial charge in [-0.1, -0.05) is 25.5 Å². The second-order valence-electron chi connectivity index (χ2n) is 7.85. The fraction of sp³-hybridized carbons (Fsp3) is 0.571. The number of anilines is 1. The number of carboxylic acid groups (broad SMARTS) is 1. The van der Waals surface area contributed by atoms with Gasteiger partial charge in [0.25, 0.3) is 0 Å². The van der Waals surface area contributed by atoms with Crippen molar-refractivity contribution < 1.29 is 24.2 Å². The maximum atomic E-state index is 12.9. The Balaban J connectivity index is 1.66. The third kappa shape index (κ3) is 3.90. The first-order valence-corrected chi connectivity index (χ1v) is 9.80. The van der Waals surface area contributed by atoms with Gasteiger partial charge < -0.3 is 19.6 Å². The van der Waals surface area contributed by atoms with Gasteiger partial charge in [-0.25, -0.2) is 0 Å². The molecule has 2 amide bonds. The predicted octanol–water partition coefficient (Wildman–Crippen LogP) is 1.94. The van der Waals surface area contributed by atoms with E-state index in [1.165, 1.54) is 12.7 Å². The van der Waals surface area contributed by atoms with Crippen LogP contribution in [-0.2, 0) is 25.5 Å². The molecule has 152 valence electrons. The van der Waals surface area contributed by atoms with E-state index in [4.69, 9.17) is 4.74 Å². The van der Waals surface area contributed by atoms with Crippen LogP contribution in [-0.4, -0.2) is 61.1 Å². The second-order valence-corrected chi connectivity index (χ2v) is 7.85. The van der Waals surface area contributed by atoms with Crippen molar-refractivity contribution in [3.63, 3.8) is 0 Å². The van der Waals surface area contributed by atoms with Gasteiger partial charge >= 0.3 is 5.97 Å². The van der Waals surface area contributed by atoms with Crippen LogP contribution in [0.3, 0.4) is 0 Å². The predicted molar refractivity (Wildman–Crippen MR) is 104 cm³/mol. The highest BCUT2D eigenvalue weighted by Gasteiger charge is 2.48. The molecule has 2 aliphatic heterocycles. The highest BCUT2D eigenvalue weighted by atomic mass is 16.5. The number of aliphatic carboxylic acids is 1. The highest BCUT2D eigenvalue weighted by Crippen LogP contribution is 2.34. The molecule has 0 saturated carbocycles. The molecule has 28 heavy (non-hydrogen) atoms. The molecule has 2 aliphatic rings. The molecular weight excluding hydrogens is 360 g/mol. The summed E-state index contributed by atoms with van der Waals surface area (Å²) in [4.78, 5) is 40.4. The van der Waals surface area contributed by atoms with Crippen molar-refractivity contribution in [2.24, 2.45) is 11.3 Å². The number of amides is 2. The second kappa shape index (κ2) is 8.31. The van der Waals surface area contributed by atoms with Crippen molar-refractivity contribution in [3.05, 3.63) is 29.8 Å². The maximum Gasteiger partial charge on any atom is 0.313 e. The van der Waals surface area contributed by atoms with Crippen molar-refractivity contribution in [2.45, 2.75) is 32.6 Å². The molecule has 2 fully saturated rings. The van der Waals surface area contributed by atoms with Crippen LogP contribution < -0.4 is 4.90 Å². The Labute approximate surface area is 165 Å². The number of carbonyl (C=O) groups excluding carboxylic acids is 2. The van der Waals surface area contributed by atoms with E-state index in [0.29, 0.717) is 19.5 Å². The Morgan fingerprint density at radius 1 is 1.29 bits per heavy atom. The number of benzene rings is 1. The standard InChI is InChI=1S/C21H28N2O5/c1-3-4-15-5-7-17(8-6-15)23-12-16(11-18(23)24)19(25)22-10-9-21(13-22,14-28-2)20(26)27/h5-8,16H,3-4,9-14H2,1-2H3,(H,26,27). The van der Waals surface area contributed by atoms with Gasteiger partial charge in [-0.2, -0.15) is 0 Å². The third-order valence-electron chi connectivity index (χ3n) is 5.80. The van der Waals surface area contributed by atoms with Crippen LogP contribution in [0.15, 0.2) is 24.3 Å². The molecule has 0 aliphatic carbocycles. The molecule has 1 aromatic carbocycles. The Hall–Kier alpha value is -2.41. The fourth-order valence-electron chi connectivity index (χ4n) is 4.20. The van der Waals surface area contributed by atoms with Crippen LogP contribution in [0.2, 0.25) is 0 Å². The van der Waals surface area contributed by atoms with Crippen LogP contribution in [0.1, 0.15) is 31.7 Å². The van der Waals surface area contributed by atoms with Gasteiger partial charge in [0.1, 0.15) is 5.41 Å². The molecule has 2 unspecified atom stereocenters. The molecule has 0 bridgehead atoms. The summed E-state index contributed by atoms with van der Waals surface area (Å²) in [6.07, 6.45) is 2.59. The Kier molecular flexibility index (Phi) is 6.03. The van der Waals surface area contributed by atoms with Crippen LogP contribution in [0.25, 0.3) is 0 Å². The number of likely N-dealkylation sites (tertiary alicyclic amines) is 1. The molecular formula is C21H28N2O5. The molecule has 0 radical (unpaired) electrons. The van der Waals surface area contributed by atoms with Crippen LogP contribution in [0, 0.1) is 11.3 Å². The quantitative estimate of drug-likeness (QED) is 0.771. The molecule has 0 spiro atoms. The van der Waals surface area contributed by atoms with E-state index in [-0.39, 0.29) is 31.4 Å². The summed E-state index contributed by atoms with van der Waals surface area (Å²) >= 11 is 0. The van der Waals surface area contributed by atoms with Crippen molar-refractivity contribution in [1.29, 1.82) is 0 Å². The topological polar surface area (TPSA) is 87.2 Å². The first-order valence-electron chi connectivity index (χ1n) is 9.80. The van der Waals surface area contributed by atoms with Crippen molar-refractivity contribution in [1.82, 2.24) is 4.90 Å². The van der Waals surface area contributed by atoms with E-state index < -0.39 is 17.3 Å². The molecule has 1 aromatic rings. The lowest BCUT2D eigenvalue weighted by atomic mass is 9.88. The van der Waals surface area contributed by atoms with Gasteiger partial charge in [0.05, 0.1) is 12.5 Å². The van der Waals surface area contributed by atoms with Crippen LogP contribution in [0.5, 0.6) is 0 Å². The number of hydrogen-bond donors (Lipinski definition) is 1. The minimum Gasteiger partial charge on any atom is -0.481 e. The fourth-order valence-corrected chi connectivity index (χ4v) is 4.20. The van der Waals surface area contributed by atoms with E-state index in [1.54, 1.807) is 9.80 Å². The summed E-state index contributed by atoms with van der Waals surface area (Å²) in [6, 6.07) is 7.90. The average Bonchev–Trinajstić information content (AvgIpc) is 3.27.